The van der Waals surface area contributed by atoms with Gasteiger partial charge < -0.3 is 5.11 Å². The summed E-state index contributed by atoms with van der Waals surface area (Å²) in [6.45, 7) is 9.06. The molecule has 0 bridgehead atoms. The minimum atomic E-state index is -1.03. The van der Waals surface area contributed by atoms with Crippen LogP contribution < -0.4 is 0 Å². The van der Waals surface area contributed by atoms with Gasteiger partial charge in [-0.1, -0.05) is 51.1 Å². The van der Waals surface area contributed by atoms with Gasteiger partial charge in [0, 0.05) is 5.41 Å². The molecular formula is C15H22O4. The van der Waals surface area contributed by atoms with Crippen LogP contribution in [-0.4, -0.2) is 17.2 Å². The van der Waals surface area contributed by atoms with E-state index in [1.54, 1.807) is 20.8 Å². The molecule has 1 aromatic carbocycles. The average Bonchev–Trinajstić information content (AvgIpc) is 2.27. The molecule has 1 unspecified atom stereocenters. The molecule has 0 spiro atoms. The fourth-order valence-electron chi connectivity index (χ4n) is 1.61. The zero-order valence-electron chi connectivity index (χ0n) is 12.1. The maximum Gasteiger partial charge on any atom is 0.336 e. The van der Waals surface area contributed by atoms with Crippen molar-refractivity contribution >= 4 is 5.97 Å². The van der Waals surface area contributed by atoms with Gasteiger partial charge in [-0.3, -0.25) is 0 Å². The highest BCUT2D eigenvalue weighted by molar-refractivity contribution is 5.73. The van der Waals surface area contributed by atoms with E-state index in [2.05, 4.69) is 0 Å². The maximum absolute atomic E-state index is 11.2. The molecular weight excluding hydrogens is 244 g/mol. The van der Waals surface area contributed by atoms with Crippen molar-refractivity contribution in [1.29, 1.82) is 0 Å². The molecule has 4 heteroatoms. The monoisotopic (exact) mass is 266 g/mol. The van der Waals surface area contributed by atoms with E-state index in [0.717, 1.165) is 5.56 Å². The zero-order valence-corrected chi connectivity index (χ0v) is 12.1. The molecule has 106 valence electrons. The van der Waals surface area contributed by atoms with Gasteiger partial charge in [0.1, 0.15) is 5.60 Å². The smallest absolute Gasteiger partial charge is 0.336 e. The van der Waals surface area contributed by atoms with Crippen LogP contribution in [0.4, 0.5) is 0 Å². The molecule has 1 aromatic rings. The summed E-state index contributed by atoms with van der Waals surface area (Å²) in [5.74, 6) is -1.03. The van der Waals surface area contributed by atoms with E-state index in [1.165, 1.54) is 0 Å². The number of carboxylic acid groups (broad SMARTS) is 1. The van der Waals surface area contributed by atoms with Gasteiger partial charge in [-0.15, -0.1) is 0 Å². The third-order valence-corrected chi connectivity index (χ3v) is 2.83. The van der Waals surface area contributed by atoms with Gasteiger partial charge in [-0.2, -0.15) is 0 Å². The van der Waals surface area contributed by atoms with E-state index in [-0.39, 0.29) is 0 Å². The summed E-state index contributed by atoms with van der Waals surface area (Å²) in [6.07, 6.45) is -1.02. The number of rotatable bonds is 5. The first-order chi connectivity index (χ1) is 8.64. The highest BCUT2D eigenvalue weighted by atomic mass is 17.2. The molecule has 0 aliphatic heterocycles. The van der Waals surface area contributed by atoms with E-state index in [0.29, 0.717) is 0 Å². The maximum atomic E-state index is 11.2. The van der Waals surface area contributed by atoms with Crippen molar-refractivity contribution in [3.05, 3.63) is 35.9 Å². The second-order valence-corrected chi connectivity index (χ2v) is 6.14. The Morgan fingerprint density at radius 2 is 1.63 bits per heavy atom. The Kier molecular flexibility index (Phi) is 4.71. The van der Waals surface area contributed by atoms with Gasteiger partial charge in [0.2, 0.25) is 0 Å². The number of carbonyl (C=O) groups is 1. The van der Waals surface area contributed by atoms with Crippen LogP contribution in [0.5, 0.6) is 0 Å². The number of carboxylic acids is 1. The van der Waals surface area contributed by atoms with Gasteiger partial charge in [0.25, 0.3) is 0 Å². The molecule has 0 radical (unpaired) electrons. The Labute approximate surface area is 114 Å². The molecule has 0 heterocycles. The largest absolute Gasteiger partial charge is 0.479 e. The van der Waals surface area contributed by atoms with Gasteiger partial charge in [0.05, 0.1) is 0 Å². The van der Waals surface area contributed by atoms with Crippen LogP contribution in [-0.2, 0) is 20.2 Å². The van der Waals surface area contributed by atoms with E-state index < -0.39 is 23.1 Å². The van der Waals surface area contributed by atoms with E-state index in [4.69, 9.17) is 9.78 Å². The van der Waals surface area contributed by atoms with E-state index in [1.807, 2.05) is 44.2 Å². The van der Waals surface area contributed by atoms with Crippen molar-refractivity contribution in [2.45, 2.75) is 46.3 Å². The highest BCUT2D eigenvalue weighted by Crippen LogP contribution is 2.29. The lowest BCUT2D eigenvalue weighted by molar-refractivity contribution is -0.388. The molecule has 0 amide bonds. The van der Waals surface area contributed by atoms with Crippen LogP contribution in [0.1, 0.15) is 40.2 Å². The molecule has 19 heavy (non-hydrogen) atoms. The zero-order chi connectivity index (χ0) is 14.7. The van der Waals surface area contributed by atoms with Crippen LogP contribution in [0, 0.1) is 5.41 Å². The number of aliphatic carboxylic acids is 1. The quantitative estimate of drug-likeness (QED) is 0.655. The van der Waals surface area contributed by atoms with Crippen molar-refractivity contribution < 1.29 is 19.7 Å². The lowest BCUT2D eigenvalue weighted by Crippen LogP contribution is -2.39. The summed E-state index contributed by atoms with van der Waals surface area (Å²) in [5, 5.41) is 9.17. The van der Waals surface area contributed by atoms with Gasteiger partial charge in [-0.05, 0) is 19.4 Å². The van der Waals surface area contributed by atoms with Crippen LogP contribution in [0.2, 0.25) is 0 Å². The van der Waals surface area contributed by atoms with Crippen LogP contribution in [0.25, 0.3) is 0 Å². The summed E-state index contributed by atoms with van der Waals surface area (Å²) < 4.78 is 0. The Hall–Kier alpha value is -1.39. The molecule has 0 fully saturated rings. The van der Waals surface area contributed by atoms with Crippen LogP contribution in [0.15, 0.2) is 30.3 Å². The van der Waals surface area contributed by atoms with Crippen LogP contribution in [0.3, 0.4) is 0 Å². The second kappa shape index (κ2) is 5.72. The van der Waals surface area contributed by atoms with Crippen molar-refractivity contribution in [1.82, 2.24) is 0 Å². The summed E-state index contributed by atoms with van der Waals surface area (Å²) in [7, 11) is 0. The lowest BCUT2D eigenvalue weighted by Gasteiger charge is -2.30. The highest BCUT2D eigenvalue weighted by Gasteiger charge is 2.35. The SMILES string of the molecule is CC(C)(OOC(C(=O)O)C(C)(C)C)c1ccccc1. The summed E-state index contributed by atoms with van der Waals surface area (Å²) in [4.78, 5) is 21.8. The molecule has 1 atom stereocenters. The Morgan fingerprint density at radius 1 is 1.11 bits per heavy atom. The topological polar surface area (TPSA) is 55.8 Å². The first kappa shape index (κ1) is 15.7. The van der Waals surface area contributed by atoms with Gasteiger partial charge in [0.15, 0.2) is 6.10 Å². The standard InChI is InChI=1S/C15H22O4/c1-14(2,3)12(13(16)17)18-19-15(4,5)11-9-7-6-8-10-11/h6-10,12H,1-5H3,(H,16,17). The minimum absolute atomic E-state index is 0.543. The average molecular weight is 266 g/mol. The Bertz CT molecular complexity index is 418. The number of hydrogen-bond acceptors (Lipinski definition) is 3. The molecule has 4 nitrogen and oxygen atoms in total. The second-order valence-electron chi connectivity index (χ2n) is 6.14. The predicted octanol–water partition coefficient (Wildman–Crippen LogP) is 3.37. The van der Waals surface area contributed by atoms with E-state index in [9.17, 15) is 9.90 Å². The summed E-state index contributed by atoms with van der Waals surface area (Å²) in [6, 6.07) is 9.54. The van der Waals surface area contributed by atoms with Crippen molar-refractivity contribution in [3.63, 3.8) is 0 Å². The van der Waals surface area contributed by atoms with Crippen molar-refractivity contribution in [2.24, 2.45) is 5.41 Å². The van der Waals surface area contributed by atoms with Gasteiger partial charge >= 0.3 is 5.97 Å². The number of benzene rings is 1. The minimum Gasteiger partial charge on any atom is -0.479 e. The number of hydrogen-bond donors (Lipinski definition) is 1. The third kappa shape index (κ3) is 4.33. The molecule has 1 N–H and O–H groups in total. The molecule has 0 aromatic heterocycles. The van der Waals surface area contributed by atoms with Crippen molar-refractivity contribution in [3.8, 4) is 0 Å². The first-order valence-electron chi connectivity index (χ1n) is 6.27. The fraction of sp³-hybridized carbons (Fsp3) is 0.533. The van der Waals surface area contributed by atoms with Crippen molar-refractivity contribution in [2.75, 3.05) is 0 Å². The molecule has 0 saturated heterocycles. The van der Waals surface area contributed by atoms with Gasteiger partial charge in [-0.25, -0.2) is 14.6 Å². The fourth-order valence-corrected chi connectivity index (χ4v) is 1.61. The Morgan fingerprint density at radius 3 is 2.05 bits per heavy atom. The summed E-state index contributed by atoms with van der Waals surface area (Å²) >= 11 is 0. The first-order valence-corrected chi connectivity index (χ1v) is 6.27. The molecule has 0 saturated carbocycles. The van der Waals surface area contributed by atoms with E-state index >= 15 is 0 Å². The normalized spacial score (nSPS) is 14.2. The third-order valence-electron chi connectivity index (χ3n) is 2.83. The molecule has 0 aliphatic carbocycles. The summed E-state index contributed by atoms with van der Waals surface area (Å²) in [5.41, 5.74) is -0.327. The molecule has 0 aliphatic rings. The lowest BCUT2D eigenvalue weighted by atomic mass is 9.89. The molecule has 1 rings (SSSR count). The van der Waals surface area contributed by atoms with Crippen LogP contribution >= 0.6 is 0 Å². The predicted molar refractivity (Wildman–Crippen MR) is 72.5 cm³/mol. The Balaban J connectivity index is 2.77.